The van der Waals surface area contributed by atoms with Gasteiger partial charge in [-0.3, -0.25) is 20.2 Å². The smallest absolute Gasteiger partial charge is 0.409 e. The Morgan fingerprint density at radius 2 is 1.57 bits per heavy atom. The maximum atomic E-state index is 13.0. The van der Waals surface area contributed by atoms with Gasteiger partial charge in [0.25, 0.3) is 11.6 Å². The summed E-state index contributed by atoms with van der Waals surface area (Å²) in [5, 5.41) is 25.0. The van der Waals surface area contributed by atoms with Crippen LogP contribution >= 0.6 is 11.8 Å². The van der Waals surface area contributed by atoms with Gasteiger partial charge in [-0.25, -0.2) is 9.18 Å². The Labute approximate surface area is 173 Å². The number of carboxylic acid groups (broad SMARTS) is 1. The van der Waals surface area contributed by atoms with Crippen molar-refractivity contribution in [1.29, 1.82) is 0 Å². The van der Waals surface area contributed by atoms with Crippen molar-refractivity contribution in [2.45, 2.75) is 9.79 Å². The second-order valence-corrected chi connectivity index (χ2v) is 7.07. The van der Waals surface area contributed by atoms with Crippen molar-refractivity contribution in [3.63, 3.8) is 0 Å². The molecular formula is C20H14FN3O5S. The Bertz CT molecular complexity index is 1100. The summed E-state index contributed by atoms with van der Waals surface area (Å²) in [6.07, 6.45) is -1.19. The van der Waals surface area contributed by atoms with E-state index >= 15 is 0 Å². The molecule has 3 aromatic rings. The zero-order valence-electron chi connectivity index (χ0n) is 15.2. The lowest BCUT2D eigenvalue weighted by atomic mass is 10.2. The molecule has 152 valence electrons. The fourth-order valence-electron chi connectivity index (χ4n) is 2.49. The monoisotopic (exact) mass is 427 g/mol. The molecule has 0 saturated heterocycles. The highest BCUT2D eigenvalue weighted by Crippen LogP contribution is 2.36. The highest BCUT2D eigenvalue weighted by atomic mass is 32.2. The third kappa shape index (κ3) is 5.32. The number of hydrogen-bond donors (Lipinski definition) is 3. The predicted octanol–water partition coefficient (Wildman–Crippen LogP) is 5.23. The van der Waals surface area contributed by atoms with Gasteiger partial charge in [0, 0.05) is 27.9 Å². The van der Waals surface area contributed by atoms with Crippen molar-refractivity contribution >= 4 is 40.8 Å². The summed E-state index contributed by atoms with van der Waals surface area (Å²) in [7, 11) is 0. The number of nitro benzene ring substituents is 1. The van der Waals surface area contributed by atoms with E-state index in [1.807, 2.05) is 0 Å². The van der Waals surface area contributed by atoms with Gasteiger partial charge in [0.2, 0.25) is 0 Å². The van der Waals surface area contributed by atoms with Gasteiger partial charge in [-0.15, -0.1) is 0 Å². The molecule has 3 aromatic carbocycles. The molecule has 0 bridgehead atoms. The van der Waals surface area contributed by atoms with Crippen LogP contribution in [0, 0.1) is 15.9 Å². The molecule has 0 radical (unpaired) electrons. The second kappa shape index (κ2) is 9.05. The fourth-order valence-corrected chi connectivity index (χ4v) is 3.39. The van der Waals surface area contributed by atoms with E-state index < -0.39 is 22.7 Å². The first-order chi connectivity index (χ1) is 14.3. The number of hydrogen-bond acceptors (Lipinski definition) is 5. The standard InChI is InChI=1S/C20H14FN3O5S/c21-13-3-1-12(2-4-13)19(25)22-15-7-10-18(17(11-15)24(28)29)30-16-8-5-14(6-9-16)23-20(26)27/h1-11,23H,(H,22,25)(H,26,27). The maximum Gasteiger partial charge on any atom is 0.409 e. The molecule has 0 heterocycles. The summed E-state index contributed by atoms with van der Waals surface area (Å²) in [6.45, 7) is 0. The molecular weight excluding hydrogens is 413 g/mol. The number of halogens is 1. The van der Waals surface area contributed by atoms with E-state index in [0.29, 0.717) is 15.5 Å². The van der Waals surface area contributed by atoms with Crippen LogP contribution in [-0.4, -0.2) is 22.0 Å². The molecule has 10 heteroatoms. The number of amides is 2. The summed E-state index contributed by atoms with van der Waals surface area (Å²) >= 11 is 1.12. The Balaban J connectivity index is 1.78. The molecule has 0 aliphatic rings. The first-order valence-corrected chi connectivity index (χ1v) is 9.27. The van der Waals surface area contributed by atoms with Crippen LogP contribution in [0.25, 0.3) is 0 Å². The first kappa shape index (κ1) is 20.8. The molecule has 0 aliphatic carbocycles. The summed E-state index contributed by atoms with van der Waals surface area (Å²) in [4.78, 5) is 34.8. The van der Waals surface area contributed by atoms with Crippen LogP contribution in [0.5, 0.6) is 0 Å². The van der Waals surface area contributed by atoms with Crippen molar-refractivity contribution in [2.24, 2.45) is 0 Å². The number of benzene rings is 3. The van der Waals surface area contributed by atoms with Crippen molar-refractivity contribution < 1.29 is 24.0 Å². The highest BCUT2D eigenvalue weighted by Gasteiger charge is 2.17. The van der Waals surface area contributed by atoms with Crippen LogP contribution < -0.4 is 10.6 Å². The van der Waals surface area contributed by atoms with E-state index in [1.165, 1.54) is 30.3 Å². The Kier molecular flexibility index (Phi) is 6.28. The molecule has 0 saturated carbocycles. The van der Waals surface area contributed by atoms with Crippen molar-refractivity contribution in [3.05, 3.63) is 88.2 Å². The number of nitrogens with zero attached hydrogens (tertiary/aromatic N) is 1. The minimum absolute atomic E-state index is 0.204. The lowest BCUT2D eigenvalue weighted by Gasteiger charge is -2.08. The molecule has 8 nitrogen and oxygen atoms in total. The van der Waals surface area contributed by atoms with Gasteiger partial charge in [-0.2, -0.15) is 0 Å². The number of rotatable bonds is 6. The Hall–Kier alpha value is -3.92. The number of carbonyl (C=O) groups is 2. The van der Waals surface area contributed by atoms with E-state index in [9.17, 15) is 24.1 Å². The number of carbonyl (C=O) groups excluding carboxylic acids is 1. The summed E-state index contributed by atoms with van der Waals surface area (Å²) < 4.78 is 13.0. The van der Waals surface area contributed by atoms with Crippen LogP contribution in [0.15, 0.2) is 76.5 Å². The van der Waals surface area contributed by atoms with E-state index in [2.05, 4.69) is 10.6 Å². The van der Waals surface area contributed by atoms with Gasteiger partial charge >= 0.3 is 6.09 Å². The SMILES string of the molecule is O=C(O)Nc1ccc(Sc2ccc(NC(=O)c3ccc(F)cc3)cc2[N+](=O)[O-])cc1. The zero-order valence-corrected chi connectivity index (χ0v) is 16.0. The fraction of sp³-hybridized carbons (Fsp3) is 0. The molecule has 0 atom stereocenters. The highest BCUT2D eigenvalue weighted by molar-refractivity contribution is 7.99. The van der Waals surface area contributed by atoms with Crippen LogP contribution in [0.1, 0.15) is 10.4 Å². The van der Waals surface area contributed by atoms with Crippen LogP contribution in [0.3, 0.4) is 0 Å². The number of nitro groups is 1. The molecule has 0 fully saturated rings. The summed E-state index contributed by atoms with van der Waals surface area (Å²) in [6, 6.07) is 15.5. The van der Waals surface area contributed by atoms with Gasteiger partial charge in [-0.05, 0) is 60.7 Å². The minimum Gasteiger partial charge on any atom is -0.465 e. The van der Waals surface area contributed by atoms with Crippen LogP contribution in [0.2, 0.25) is 0 Å². The van der Waals surface area contributed by atoms with Gasteiger partial charge in [0.1, 0.15) is 5.82 Å². The van der Waals surface area contributed by atoms with Gasteiger partial charge in [0.15, 0.2) is 0 Å². The zero-order chi connectivity index (χ0) is 21.7. The van der Waals surface area contributed by atoms with Crippen LogP contribution in [0.4, 0.5) is 26.2 Å². The van der Waals surface area contributed by atoms with Gasteiger partial charge in [0.05, 0.1) is 9.82 Å². The quantitative estimate of drug-likeness (QED) is 0.366. The molecule has 2 amide bonds. The van der Waals surface area contributed by atoms with E-state index in [0.717, 1.165) is 23.9 Å². The number of nitrogens with one attached hydrogen (secondary N) is 2. The van der Waals surface area contributed by atoms with E-state index in [1.54, 1.807) is 24.3 Å². The van der Waals surface area contributed by atoms with Gasteiger partial charge < -0.3 is 10.4 Å². The molecule has 30 heavy (non-hydrogen) atoms. The Morgan fingerprint density at radius 3 is 2.17 bits per heavy atom. The molecule has 0 aliphatic heterocycles. The van der Waals surface area contributed by atoms with Crippen LogP contribution in [-0.2, 0) is 0 Å². The molecule has 0 aromatic heterocycles. The molecule has 3 N–H and O–H groups in total. The molecule has 0 unspecified atom stereocenters. The third-order valence-corrected chi connectivity index (χ3v) is 4.93. The molecule has 0 spiro atoms. The lowest BCUT2D eigenvalue weighted by molar-refractivity contribution is -0.387. The minimum atomic E-state index is -1.19. The maximum absolute atomic E-state index is 13.0. The van der Waals surface area contributed by atoms with E-state index in [4.69, 9.17) is 5.11 Å². The Morgan fingerprint density at radius 1 is 0.933 bits per heavy atom. The second-order valence-electron chi connectivity index (χ2n) is 5.96. The van der Waals surface area contributed by atoms with Crippen molar-refractivity contribution in [1.82, 2.24) is 0 Å². The average molecular weight is 427 g/mol. The van der Waals surface area contributed by atoms with Crippen molar-refractivity contribution in [2.75, 3.05) is 10.6 Å². The van der Waals surface area contributed by atoms with Gasteiger partial charge in [-0.1, -0.05) is 11.8 Å². The lowest BCUT2D eigenvalue weighted by Crippen LogP contribution is -2.12. The van der Waals surface area contributed by atoms with Crippen molar-refractivity contribution in [3.8, 4) is 0 Å². The molecule has 3 rings (SSSR count). The summed E-state index contributed by atoms with van der Waals surface area (Å²) in [5.41, 5.74) is 0.610. The normalized spacial score (nSPS) is 10.3. The third-order valence-electron chi connectivity index (χ3n) is 3.85. The summed E-state index contributed by atoms with van der Waals surface area (Å²) in [5.74, 6) is -0.999. The van der Waals surface area contributed by atoms with E-state index in [-0.39, 0.29) is 16.9 Å². The largest absolute Gasteiger partial charge is 0.465 e. The number of anilines is 2. The predicted molar refractivity (Wildman–Crippen MR) is 110 cm³/mol. The topological polar surface area (TPSA) is 122 Å². The average Bonchev–Trinajstić information content (AvgIpc) is 2.70. The first-order valence-electron chi connectivity index (χ1n) is 8.45.